The van der Waals surface area contributed by atoms with Crippen LogP contribution in [-0.2, 0) is 26.2 Å². The van der Waals surface area contributed by atoms with Crippen molar-refractivity contribution in [3.05, 3.63) is 41.2 Å². The molecule has 0 unspecified atom stereocenters. The van der Waals surface area contributed by atoms with E-state index in [0.717, 1.165) is 48.8 Å². The van der Waals surface area contributed by atoms with Crippen molar-refractivity contribution < 1.29 is 14.6 Å². The number of hydrogen-bond acceptors (Lipinski definition) is 5. The monoisotopic (exact) mass is 373 g/mol. The van der Waals surface area contributed by atoms with Crippen molar-refractivity contribution in [3.63, 3.8) is 0 Å². The molecule has 2 N–H and O–H groups in total. The van der Waals surface area contributed by atoms with Gasteiger partial charge < -0.3 is 20.1 Å². The number of fused-ring (bicyclic) bond motifs is 1. The molecule has 0 radical (unpaired) electrons. The zero-order valence-corrected chi connectivity index (χ0v) is 16.1. The molecular weight excluding hydrogens is 346 g/mol. The highest BCUT2D eigenvalue weighted by atomic mass is 16.5. The first-order valence-corrected chi connectivity index (χ1v) is 9.05. The number of ether oxygens (including phenoxy) is 1. The number of rotatable bonds is 5. The number of hydrogen-bond donors (Lipinski definition) is 2. The zero-order valence-electron chi connectivity index (χ0n) is 16.1. The third-order valence-electron chi connectivity index (χ3n) is 4.63. The number of carbonyl (C=O) groups is 1. The number of urea groups is 1. The van der Waals surface area contributed by atoms with Gasteiger partial charge in [-0.05, 0) is 30.7 Å². The number of aromatic nitrogens is 2. The van der Waals surface area contributed by atoms with E-state index in [1.807, 2.05) is 10.7 Å². The fourth-order valence-corrected chi connectivity index (χ4v) is 3.26. The molecule has 3 rings (SSSR count). The highest BCUT2D eigenvalue weighted by Gasteiger charge is 2.18. The smallest absolute Gasteiger partial charge is 0.317 e. The van der Waals surface area contributed by atoms with E-state index in [2.05, 4.69) is 15.3 Å². The molecule has 27 heavy (non-hydrogen) atoms. The molecule has 8 heteroatoms. The molecule has 2 amide bonds. The molecule has 0 fully saturated rings. The van der Waals surface area contributed by atoms with Crippen LogP contribution in [0.5, 0.6) is 11.5 Å². The number of nitrogens with zero attached hydrogens (tertiary/aromatic N) is 4. The van der Waals surface area contributed by atoms with Crippen LogP contribution in [0.4, 0.5) is 4.79 Å². The largest absolute Gasteiger partial charge is 0.508 e. The van der Waals surface area contributed by atoms with E-state index in [9.17, 15) is 9.90 Å². The number of nitrogens with one attached hydrogen (secondary N) is 1. The van der Waals surface area contributed by atoms with E-state index in [-0.39, 0.29) is 11.8 Å². The van der Waals surface area contributed by atoms with Gasteiger partial charge in [-0.3, -0.25) is 9.58 Å². The van der Waals surface area contributed by atoms with Crippen molar-refractivity contribution in [1.29, 1.82) is 0 Å². The highest BCUT2D eigenvalue weighted by Crippen LogP contribution is 2.26. The van der Waals surface area contributed by atoms with Gasteiger partial charge in [-0.15, -0.1) is 0 Å². The number of amides is 2. The van der Waals surface area contributed by atoms with Crippen LogP contribution in [0.1, 0.15) is 23.4 Å². The Hall–Kier alpha value is -2.74. The number of aryl methyl sites for hydroxylation is 1. The summed E-state index contributed by atoms with van der Waals surface area (Å²) in [6, 6.07) is 7.10. The Morgan fingerprint density at radius 2 is 2.15 bits per heavy atom. The second-order valence-electron chi connectivity index (χ2n) is 6.96. The number of methoxy groups -OCH3 is 1. The first-order valence-electron chi connectivity index (χ1n) is 9.05. The molecule has 0 saturated carbocycles. The van der Waals surface area contributed by atoms with Gasteiger partial charge in [-0.25, -0.2) is 4.79 Å². The van der Waals surface area contributed by atoms with E-state index in [1.165, 1.54) is 4.90 Å². The average molecular weight is 373 g/mol. The Bertz CT molecular complexity index is 803. The molecule has 0 bridgehead atoms. The van der Waals surface area contributed by atoms with Crippen LogP contribution in [0.15, 0.2) is 24.3 Å². The fourth-order valence-electron chi connectivity index (χ4n) is 3.26. The summed E-state index contributed by atoms with van der Waals surface area (Å²) >= 11 is 0. The summed E-state index contributed by atoms with van der Waals surface area (Å²) in [6.45, 7) is 3.65. The third-order valence-corrected chi connectivity index (χ3v) is 4.63. The van der Waals surface area contributed by atoms with Crippen molar-refractivity contribution in [2.45, 2.75) is 32.6 Å². The number of benzene rings is 1. The van der Waals surface area contributed by atoms with Gasteiger partial charge in [0.05, 0.1) is 25.0 Å². The van der Waals surface area contributed by atoms with Crippen LogP contribution >= 0.6 is 0 Å². The van der Waals surface area contributed by atoms with Gasteiger partial charge in [0.15, 0.2) is 0 Å². The van der Waals surface area contributed by atoms with Gasteiger partial charge in [0.25, 0.3) is 0 Å². The molecule has 8 nitrogen and oxygen atoms in total. The zero-order chi connectivity index (χ0) is 19.4. The fraction of sp³-hybridized carbons (Fsp3) is 0.474. The van der Waals surface area contributed by atoms with Gasteiger partial charge >= 0.3 is 6.03 Å². The summed E-state index contributed by atoms with van der Waals surface area (Å²) in [6.07, 6.45) is 0.985. The van der Waals surface area contributed by atoms with Crippen LogP contribution in [-0.4, -0.2) is 58.5 Å². The van der Waals surface area contributed by atoms with Gasteiger partial charge in [-0.1, -0.05) is 0 Å². The number of aromatic hydroxyl groups is 1. The lowest BCUT2D eigenvalue weighted by molar-refractivity contribution is 0.217. The van der Waals surface area contributed by atoms with Crippen molar-refractivity contribution in [3.8, 4) is 11.5 Å². The molecule has 2 aromatic rings. The number of phenols is 1. The predicted octanol–water partition coefficient (Wildman–Crippen LogP) is 1.77. The lowest BCUT2D eigenvalue weighted by Crippen LogP contribution is -2.34. The van der Waals surface area contributed by atoms with E-state index in [4.69, 9.17) is 4.74 Å². The van der Waals surface area contributed by atoms with Gasteiger partial charge in [0, 0.05) is 45.8 Å². The molecule has 146 valence electrons. The van der Waals surface area contributed by atoms with Crippen molar-refractivity contribution in [1.82, 2.24) is 24.9 Å². The van der Waals surface area contributed by atoms with Crippen LogP contribution in [0.25, 0.3) is 0 Å². The Balaban J connectivity index is 1.69. The lowest BCUT2D eigenvalue weighted by atomic mass is 10.1. The molecule has 1 aliphatic rings. The van der Waals surface area contributed by atoms with Gasteiger partial charge in [0.1, 0.15) is 11.5 Å². The second-order valence-corrected chi connectivity index (χ2v) is 6.96. The molecule has 1 aromatic heterocycles. The third kappa shape index (κ3) is 4.71. The quantitative estimate of drug-likeness (QED) is 0.835. The highest BCUT2D eigenvalue weighted by molar-refractivity contribution is 5.73. The van der Waals surface area contributed by atoms with E-state index < -0.39 is 0 Å². The summed E-state index contributed by atoms with van der Waals surface area (Å²) in [5.74, 6) is 1.02. The van der Waals surface area contributed by atoms with Crippen molar-refractivity contribution in [2.24, 2.45) is 0 Å². The molecular formula is C19H27N5O3. The van der Waals surface area contributed by atoms with E-state index in [1.54, 1.807) is 39.4 Å². The average Bonchev–Trinajstić information content (AvgIpc) is 2.91. The Labute approximate surface area is 159 Å². The summed E-state index contributed by atoms with van der Waals surface area (Å²) < 4.78 is 7.45. The lowest BCUT2D eigenvalue weighted by Gasteiger charge is -2.21. The summed E-state index contributed by atoms with van der Waals surface area (Å²) in [5, 5.41) is 17.3. The Morgan fingerprint density at radius 3 is 2.89 bits per heavy atom. The van der Waals surface area contributed by atoms with Crippen molar-refractivity contribution in [2.75, 3.05) is 27.7 Å². The van der Waals surface area contributed by atoms with Crippen LogP contribution < -0.4 is 10.1 Å². The normalized spacial score (nSPS) is 14.3. The minimum absolute atomic E-state index is 0.129. The summed E-state index contributed by atoms with van der Waals surface area (Å²) in [7, 11) is 5.07. The predicted molar refractivity (Wildman–Crippen MR) is 102 cm³/mol. The Kier molecular flexibility index (Phi) is 5.85. The van der Waals surface area contributed by atoms with Gasteiger partial charge in [0.2, 0.25) is 0 Å². The molecule has 1 aliphatic heterocycles. The summed E-state index contributed by atoms with van der Waals surface area (Å²) in [5.41, 5.74) is 2.95. The molecule has 1 aromatic carbocycles. The molecule has 0 spiro atoms. The molecule has 0 aliphatic carbocycles. The topological polar surface area (TPSA) is 82.9 Å². The second kappa shape index (κ2) is 8.30. The maximum Gasteiger partial charge on any atom is 0.317 e. The van der Waals surface area contributed by atoms with E-state index >= 15 is 0 Å². The molecule has 2 heterocycles. The standard InChI is InChI=1S/C19H27N5O3/c1-22(2)19(26)20-11-15-10-16-13-23(7-4-8-24(16)21-15)12-14-9-17(25)5-6-18(14)27-3/h5-6,9-10,25H,4,7-8,11-13H2,1-3H3,(H,20,26). The summed E-state index contributed by atoms with van der Waals surface area (Å²) in [4.78, 5) is 15.5. The number of phenolic OH excluding ortho intramolecular Hbond substituents is 1. The molecule has 0 atom stereocenters. The van der Waals surface area contributed by atoms with Crippen LogP contribution in [0.2, 0.25) is 0 Å². The van der Waals surface area contributed by atoms with Crippen LogP contribution in [0.3, 0.4) is 0 Å². The minimum Gasteiger partial charge on any atom is -0.508 e. The first-order chi connectivity index (χ1) is 13.0. The SMILES string of the molecule is COc1ccc(O)cc1CN1CCCn2nc(CNC(=O)N(C)C)cc2C1. The Morgan fingerprint density at radius 1 is 1.33 bits per heavy atom. The maximum atomic E-state index is 11.7. The van der Waals surface area contributed by atoms with Crippen molar-refractivity contribution >= 4 is 6.03 Å². The van der Waals surface area contributed by atoms with E-state index in [0.29, 0.717) is 13.1 Å². The maximum absolute atomic E-state index is 11.7. The molecule has 0 saturated heterocycles. The first kappa shape index (κ1) is 19.0. The van der Waals surface area contributed by atoms with Crippen LogP contribution in [0, 0.1) is 0 Å². The number of carbonyl (C=O) groups excluding carboxylic acids is 1. The minimum atomic E-state index is -0.129. The van der Waals surface area contributed by atoms with Gasteiger partial charge in [-0.2, -0.15) is 5.10 Å².